The SMILES string of the molecule is COCCCn1c(O)c(C=Nc2ccc(OC)cc2OC)c(C)c(C#N)c1=O. The van der Waals surface area contributed by atoms with Crippen LogP contribution in [0.1, 0.15) is 23.1 Å². The second-order valence-corrected chi connectivity index (χ2v) is 5.95. The van der Waals surface area contributed by atoms with E-state index in [-0.39, 0.29) is 18.0 Å². The number of methoxy groups -OCH3 is 3. The maximum Gasteiger partial charge on any atom is 0.271 e. The predicted octanol–water partition coefficient (Wildman–Crippen LogP) is 2.54. The number of hydrogen-bond acceptors (Lipinski definition) is 7. The van der Waals surface area contributed by atoms with Crippen molar-refractivity contribution in [3.8, 4) is 23.4 Å². The quantitative estimate of drug-likeness (QED) is 0.553. The summed E-state index contributed by atoms with van der Waals surface area (Å²) in [7, 11) is 4.62. The van der Waals surface area contributed by atoms with E-state index in [0.29, 0.717) is 41.3 Å². The summed E-state index contributed by atoms with van der Waals surface area (Å²) in [6.45, 7) is 2.25. The lowest BCUT2D eigenvalue weighted by atomic mass is 10.1. The van der Waals surface area contributed by atoms with Gasteiger partial charge in [-0.3, -0.25) is 14.4 Å². The molecule has 2 rings (SSSR count). The topological polar surface area (TPSA) is 106 Å². The van der Waals surface area contributed by atoms with Gasteiger partial charge in [0.05, 0.1) is 19.8 Å². The lowest BCUT2D eigenvalue weighted by Gasteiger charge is -2.14. The molecule has 1 heterocycles. The van der Waals surface area contributed by atoms with Gasteiger partial charge in [-0.25, -0.2) is 0 Å². The molecule has 28 heavy (non-hydrogen) atoms. The Hall–Kier alpha value is -3.31. The van der Waals surface area contributed by atoms with Gasteiger partial charge in [0.1, 0.15) is 28.8 Å². The number of rotatable bonds is 8. The first kappa shape index (κ1) is 21.0. The van der Waals surface area contributed by atoms with Crippen LogP contribution in [0.5, 0.6) is 17.4 Å². The molecule has 0 aliphatic rings. The van der Waals surface area contributed by atoms with E-state index in [0.717, 1.165) is 4.57 Å². The molecule has 0 atom stereocenters. The van der Waals surface area contributed by atoms with Crippen LogP contribution >= 0.6 is 0 Å². The van der Waals surface area contributed by atoms with Crippen molar-refractivity contribution in [1.82, 2.24) is 4.57 Å². The molecular weight excluding hydrogens is 362 g/mol. The molecule has 1 N–H and O–H groups in total. The number of ether oxygens (including phenoxy) is 3. The second-order valence-electron chi connectivity index (χ2n) is 5.95. The average Bonchev–Trinajstić information content (AvgIpc) is 2.70. The molecule has 0 fully saturated rings. The third kappa shape index (κ3) is 4.32. The lowest BCUT2D eigenvalue weighted by molar-refractivity contribution is 0.188. The van der Waals surface area contributed by atoms with Crippen molar-refractivity contribution in [3.63, 3.8) is 0 Å². The molecule has 0 amide bonds. The predicted molar refractivity (Wildman–Crippen MR) is 105 cm³/mol. The highest BCUT2D eigenvalue weighted by Gasteiger charge is 2.18. The number of aromatic nitrogens is 1. The zero-order valence-corrected chi connectivity index (χ0v) is 16.4. The molecule has 1 aromatic carbocycles. The molecule has 8 heteroatoms. The van der Waals surface area contributed by atoms with E-state index >= 15 is 0 Å². The fourth-order valence-corrected chi connectivity index (χ4v) is 2.73. The Kier molecular flexibility index (Phi) is 7.18. The minimum Gasteiger partial charge on any atom is -0.497 e. The maximum atomic E-state index is 12.5. The lowest BCUT2D eigenvalue weighted by Crippen LogP contribution is -2.26. The van der Waals surface area contributed by atoms with E-state index < -0.39 is 5.56 Å². The first-order chi connectivity index (χ1) is 13.5. The van der Waals surface area contributed by atoms with Crippen LogP contribution in [0, 0.1) is 18.3 Å². The van der Waals surface area contributed by atoms with Crippen molar-refractivity contribution in [1.29, 1.82) is 5.26 Å². The molecule has 0 aliphatic carbocycles. The van der Waals surface area contributed by atoms with Crippen molar-refractivity contribution in [3.05, 3.63) is 45.2 Å². The monoisotopic (exact) mass is 385 g/mol. The number of nitrogens with zero attached hydrogens (tertiary/aromatic N) is 3. The minimum atomic E-state index is -0.534. The summed E-state index contributed by atoms with van der Waals surface area (Å²) in [4.78, 5) is 16.9. The number of hydrogen-bond donors (Lipinski definition) is 1. The first-order valence-corrected chi connectivity index (χ1v) is 8.59. The molecule has 0 saturated carbocycles. The minimum absolute atomic E-state index is 0.0293. The van der Waals surface area contributed by atoms with Gasteiger partial charge in [-0.2, -0.15) is 5.26 Å². The van der Waals surface area contributed by atoms with E-state index in [1.165, 1.54) is 13.3 Å². The van der Waals surface area contributed by atoms with E-state index in [1.54, 1.807) is 39.3 Å². The fourth-order valence-electron chi connectivity index (χ4n) is 2.73. The number of benzene rings is 1. The Morgan fingerprint density at radius 3 is 2.64 bits per heavy atom. The third-order valence-electron chi connectivity index (χ3n) is 4.30. The smallest absolute Gasteiger partial charge is 0.271 e. The van der Waals surface area contributed by atoms with Gasteiger partial charge < -0.3 is 19.3 Å². The normalized spacial score (nSPS) is 10.8. The summed E-state index contributed by atoms with van der Waals surface area (Å²) >= 11 is 0. The Balaban J connectivity index is 2.53. The summed E-state index contributed by atoms with van der Waals surface area (Å²) in [6.07, 6.45) is 1.93. The highest BCUT2D eigenvalue weighted by atomic mass is 16.5. The molecule has 0 radical (unpaired) electrons. The molecular formula is C20H23N3O5. The Bertz CT molecular complexity index is 973. The molecule has 0 saturated heterocycles. The number of aliphatic imine (C=N–C) groups is 1. The van der Waals surface area contributed by atoms with E-state index in [9.17, 15) is 15.2 Å². The molecule has 8 nitrogen and oxygen atoms in total. The molecule has 0 unspecified atom stereocenters. The fraction of sp³-hybridized carbons (Fsp3) is 0.350. The van der Waals surface area contributed by atoms with Gasteiger partial charge in [-0.15, -0.1) is 0 Å². The van der Waals surface area contributed by atoms with Crippen LogP contribution in [0.25, 0.3) is 0 Å². The van der Waals surface area contributed by atoms with Crippen molar-refractivity contribution < 1.29 is 19.3 Å². The van der Waals surface area contributed by atoms with Gasteiger partial charge in [0.2, 0.25) is 5.88 Å². The molecule has 1 aromatic heterocycles. The van der Waals surface area contributed by atoms with E-state index in [1.807, 2.05) is 6.07 Å². The van der Waals surface area contributed by atoms with Crippen LogP contribution < -0.4 is 15.0 Å². The Morgan fingerprint density at radius 1 is 1.29 bits per heavy atom. The van der Waals surface area contributed by atoms with Crippen molar-refractivity contribution in [2.45, 2.75) is 19.9 Å². The number of pyridine rings is 1. The molecule has 0 aliphatic heterocycles. The first-order valence-electron chi connectivity index (χ1n) is 8.59. The molecule has 148 valence electrons. The second kappa shape index (κ2) is 9.58. The van der Waals surface area contributed by atoms with Crippen LogP contribution in [0.2, 0.25) is 0 Å². The third-order valence-corrected chi connectivity index (χ3v) is 4.30. The van der Waals surface area contributed by atoms with Crippen LogP contribution in [-0.2, 0) is 11.3 Å². The summed E-state index contributed by atoms with van der Waals surface area (Å²) in [5, 5.41) is 20.0. The summed E-state index contributed by atoms with van der Waals surface area (Å²) in [5.41, 5.74) is 0.611. The standard InChI is InChI=1S/C20H23N3O5/c1-13-15(11-21)19(24)23(8-5-9-26-2)20(25)16(13)12-22-17-7-6-14(27-3)10-18(17)28-4/h6-7,10,12,25H,5,8-9H2,1-4H3. The number of nitriles is 1. The van der Waals surface area contributed by atoms with Crippen molar-refractivity contribution in [2.75, 3.05) is 27.9 Å². The van der Waals surface area contributed by atoms with Crippen LogP contribution in [0.4, 0.5) is 5.69 Å². The van der Waals surface area contributed by atoms with E-state index in [2.05, 4.69) is 4.99 Å². The van der Waals surface area contributed by atoms with Crippen LogP contribution in [0.15, 0.2) is 28.0 Å². The van der Waals surface area contributed by atoms with Crippen LogP contribution in [-0.4, -0.2) is 43.8 Å². The Morgan fingerprint density at radius 2 is 2.04 bits per heavy atom. The maximum absolute atomic E-state index is 12.5. The van der Waals surface area contributed by atoms with Crippen LogP contribution in [0.3, 0.4) is 0 Å². The Labute approximate surface area is 163 Å². The van der Waals surface area contributed by atoms with Gasteiger partial charge in [0, 0.05) is 32.5 Å². The van der Waals surface area contributed by atoms with Crippen molar-refractivity contribution >= 4 is 11.9 Å². The zero-order chi connectivity index (χ0) is 20.7. The average molecular weight is 385 g/mol. The number of aromatic hydroxyl groups is 1. The summed E-state index contributed by atoms with van der Waals surface area (Å²) in [5.74, 6) is 0.865. The highest BCUT2D eigenvalue weighted by molar-refractivity contribution is 5.88. The highest BCUT2D eigenvalue weighted by Crippen LogP contribution is 2.32. The van der Waals surface area contributed by atoms with Crippen molar-refractivity contribution in [2.24, 2.45) is 4.99 Å². The summed E-state index contributed by atoms with van der Waals surface area (Å²) < 4.78 is 16.6. The molecule has 0 bridgehead atoms. The van der Waals surface area contributed by atoms with Gasteiger partial charge in [-0.1, -0.05) is 0 Å². The van der Waals surface area contributed by atoms with Gasteiger partial charge in [0.15, 0.2) is 0 Å². The van der Waals surface area contributed by atoms with Gasteiger partial charge >= 0.3 is 0 Å². The van der Waals surface area contributed by atoms with E-state index in [4.69, 9.17) is 14.2 Å². The molecule has 0 spiro atoms. The van der Waals surface area contributed by atoms with Gasteiger partial charge in [0.25, 0.3) is 5.56 Å². The zero-order valence-electron chi connectivity index (χ0n) is 16.4. The van der Waals surface area contributed by atoms with Gasteiger partial charge in [-0.05, 0) is 31.0 Å². The summed E-state index contributed by atoms with van der Waals surface area (Å²) in [6, 6.07) is 7.04. The molecule has 2 aromatic rings. The largest absolute Gasteiger partial charge is 0.497 e.